The van der Waals surface area contributed by atoms with Crippen LogP contribution in [0.1, 0.15) is 16.8 Å². The SMILES string of the molecule is CNC(=O)c1cc(F)c(F)c(-c2cnn3cc(Cl)c(NC4CCOC4)nc23)c1. The number of halogens is 3. The van der Waals surface area contributed by atoms with Gasteiger partial charge in [0.25, 0.3) is 5.91 Å². The summed E-state index contributed by atoms with van der Waals surface area (Å²) in [6, 6.07) is 2.17. The summed E-state index contributed by atoms with van der Waals surface area (Å²) in [6.07, 6.45) is 3.69. The Bertz CT molecular complexity index is 1070. The van der Waals surface area contributed by atoms with Gasteiger partial charge in [-0.3, -0.25) is 4.79 Å². The maximum absolute atomic E-state index is 14.5. The summed E-state index contributed by atoms with van der Waals surface area (Å²) in [4.78, 5) is 16.3. The number of carbonyl (C=O) groups excluding carboxylic acids is 1. The van der Waals surface area contributed by atoms with Crippen LogP contribution in [0.4, 0.5) is 14.6 Å². The summed E-state index contributed by atoms with van der Waals surface area (Å²) in [6.45, 7) is 1.18. The molecule has 7 nitrogen and oxygen atoms in total. The van der Waals surface area contributed by atoms with Crippen molar-refractivity contribution in [2.75, 3.05) is 25.6 Å². The number of hydrogen-bond acceptors (Lipinski definition) is 5. The number of aromatic nitrogens is 3. The van der Waals surface area contributed by atoms with Gasteiger partial charge in [0.2, 0.25) is 0 Å². The standard InChI is InChI=1S/C18H16ClF2N5O2/c1-22-18(27)9-4-11(15(21)14(20)5-9)12-6-23-26-7-13(19)16(25-17(12)26)24-10-2-3-28-8-10/h4-7,10H,2-3,8H2,1H3,(H,22,27)(H,24,25). The Morgan fingerprint density at radius 3 is 2.89 bits per heavy atom. The van der Waals surface area contributed by atoms with Gasteiger partial charge in [-0.2, -0.15) is 5.10 Å². The number of carbonyl (C=O) groups is 1. The number of nitrogens with zero attached hydrogens (tertiary/aromatic N) is 3. The van der Waals surface area contributed by atoms with Gasteiger partial charge in [0, 0.05) is 30.3 Å². The van der Waals surface area contributed by atoms with Gasteiger partial charge >= 0.3 is 0 Å². The van der Waals surface area contributed by atoms with Gasteiger partial charge in [-0.15, -0.1) is 0 Å². The number of anilines is 1. The highest BCUT2D eigenvalue weighted by Crippen LogP contribution is 2.31. The zero-order valence-electron chi connectivity index (χ0n) is 14.8. The summed E-state index contributed by atoms with van der Waals surface area (Å²) >= 11 is 6.27. The molecule has 1 fully saturated rings. The van der Waals surface area contributed by atoms with E-state index < -0.39 is 17.5 Å². The van der Waals surface area contributed by atoms with Gasteiger partial charge in [0.15, 0.2) is 17.3 Å². The maximum atomic E-state index is 14.5. The zero-order valence-corrected chi connectivity index (χ0v) is 15.6. The maximum Gasteiger partial charge on any atom is 0.251 e. The highest BCUT2D eigenvalue weighted by atomic mass is 35.5. The lowest BCUT2D eigenvalue weighted by molar-refractivity contribution is 0.0962. The summed E-state index contributed by atoms with van der Waals surface area (Å²) in [5, 5.41) is 10.0. The smallest absolute Gasteiger partial charge is 0.251 e. The molecule has 10 heteroatoms. The quantitative estimate of drug-likeness (QED) is 0.695. The predicted molar refractivity (Wildman–Crippen MR) is 99.6 cm³/mol. The number of nitrogens with one attached hydrogen (secondary N) is 2. The number of fused-ring (bicyclic) bond motifs is 1. The van der Waals surface area contributed by atoms with E-state index in [1.165, 1.54) is 30.0 Å². The van der Waals surface area contributed by atoms with Gasteiger partial charge in [-0.1, -0.05) is 11.6 Å². The van der Waals surface area contributed by atoms with E-state index in [-0.39, 0.29) is 28.4 Å². The Hall–Kier alpha value is -2.78. The first-order chi connectivity index (χ1) is 13.5. The van der Waals surface area contributed by atoms with E-state index in [9.17, 15) is 13.6 Å². The normalized spacial score (nSPS) is 16.5. The Kier molecular flexibility index (Phi) is 4.86. The van der Waals surface area contributed by atoms with E-state index >= 15 is 0 Å². The van der Waals surface area contributed by atoms with Crippen molar-refractivity contribution in [3.05, 3.63) is 46.7 Å². The van der Waals surface area contributed by atoms with Gasteiger partial charge in [-0.25, -0.2) is 18.3 Å². The molecule has 0 aliphatic carbocycles. The van der Waals surface area contributed by atoms with Crippen molar-refractivity contribution < 1.29 is 18.3 Å². The van der Waals surface area contributed by atoms with E-state index in [4.69, 9.17) is 16.3 Å². The minimum Gasteiger partial charge on any atom is -0.379 e. The molecule has 2 N–H and O–H groups in total. The minimum atomic E-state index is -1.13. The van der Waals surface area contributed by atoms with Crippen LogP contribution < -0.4 is 10.6 Å². The van der Waals surface area contributed by atoms with Crippen LogP contribution in [0.2, 0.25) is 5.02 Å². The van der Waals surface area contributed by atoms with Crippen molar-refractivity contribution >= 4 is 29.0 Å². The molecule has 0 bridgehead atoms. The average molecular weight is 408 g/mol. The van der Waals surface area contributed by atoms with Gasteiger partial charge in [-0.05, 0) is 18.6 Å². The first kappa shape index (κ1) is 18.6. The number of ether oxygens (including phenoxy) is 1. The molecule has 0 radical (unpaired) electrons. The highest BCUT2D eigenvalue weighted by Gasteiger charge is 2.22. The first-order valence-corrected chi connectivity index (χ1v) is 8.95. The molecule has 1 aliphatic heterocycles. The summed E-state index contributed by atoms with van der Waals surface area (Å²) in [5.41, 5.74) is 0.396. The Morgan fingerprint density at radius 2 is 2.18 bits per heavy atom. The molecule has 1 unspecified atom stereocenters. The van der Waals surface area contributed by atoms with E-state index in [0.29, 0.717) is 24.1 Å². The fraction of sp³-hybridized carbons (Fsp3) is 0.278. The fourth-order valence-corrected chi connectivity index (χ4v) is 3.27. The predicted octanol–water partition coefficient (Wildman–Crippen LogP) is 2.89. The highest BCUT2D eigenvalue weighted by molar-refractivity contribution is 6.32. The van der Waals surface area contributed by atoms with Gasteiger partial charge in [0.1, 0.15) is 10.8 Å². The Morgan fingerprint density at radius 1 is 1.36 bits per heavy atom. The third-order valence-corrected chi connectivity index (χ3v) is 4.80. The van der Waals surface area contributed by atoms with E-state index in [1.54, 1.807) is 0 Å². The van der Waals surface area contributed by atoms with E-state index in [0.717, 1.165) is 12.5 Å². The number of rotatable bonds is 4. The minimum absolute atomic E-state index is 0.00818. The molecule has 1 aliphatic rings. The van der Waals surface area contributed by atoms with Crippen molar-refractivity contribution in [2.24, 2.45) is 0 Å². The Labute approximate surface area is 163 Å². The monoisotopic (exact) mass is 407 g/mol. The van der Waals surface area contributed by atoms with Crippen LogP contribution in [0, 0.1) is 11.6 Å². The lowest BCUT2D eigenvalue weighted by Crippen LogP contribution is -2.20. The average Bonchev–Trinajstić information content (AvgIpc) is 3.33. The summed E-state index contributed by atoms with van der Waals surface area (Å²) < 4.78 is 35.3. The lowest BCUT2D eigenvalue weighted by Gasteiger charge is -2.13. The molecule has 0 saturated carbocycles. The third kappa shape index (κ3) is 3.27. The second-order valence-corrected chi connectivity index (χ2v) is 6.77. The molecule has 1 amide bonds. The van der Waals surface area contributed by atoms with Crippen LogP contribution in [0.5, 0.6) is 0 Å². The third-order valence-electron chi connectivity index (χ3n) is 4.53. The largest absolute Gasteiger partial charge is 0.379 e. The second kappa shape index (κ2) is 7.33. The van der Waals surface area contributed by atoms with Crippen LogP contribution in [0.25, 0.3) is 16.8 Å². The molecule has 1 atom stereocenters. The molecule has 1 aromatic carbocycles. The molecular formula is C18H16ClF2N5O2. The fourth-order valence-electron chi connectivity index (χ4n) is 3.08. The second-order valence-electron chi connectivity index (χ2n) is 6.37. The molecule has 4 rings (SSSR count). The topological polar surface area (TPSA) is 80.6 Å². The lowest BCUT2D eigenvalue weighted by atomic mass is 10.0. The molecule has 28 heavy (non-hydrogen) atoms. The van der Waals surface area contributed by atoms with Crippen LogP contribution >= 0.6 is 11.6 Å². The van der Waals surface area contributed by atoms with Crippen LogP contribution in [-0.4, -0.2) is 46.8 Å². The molecule has 2 aromatic heterocycles. The molecule has 3 heterocycles. The molecule has 1 saturated heterocycles. The molecule has 3 aromatic rings. The van der Waals surface area contributed by atoms with E-state index in [2.05, 4.69) is 20.7 Å². The van der Waals surface area contributed by atoms with Gasteiger partial charge < -0.3 is 15.4 Å². The van der Waals surface area contributed by atoms with Crippen LogP contribution in [0.15, 0.2) is 24.5 Å². The van der Waals surface area contributed by atoms with E-state index in [1.807, 2.05) is 0 Å². The van der Waals surface area contributed by atoms with Crippen molar-refractivity contribution in [1.29, 1.82) is 0 Å². The molecular weight excluding hydrogens is 392 g/mol. The molecule has 0 spiro atoms. The molecule has 146 valence electrons. The van der Waals surface area contributed by atoms with Crippen LogP contribution in [-0.2, 0) is 4.74 Å². The van der Waals surface area contributed by atoms with Crippen LogP contribution in [0.3, 0.4) is 0 Å². The van der Waals surface area contributed by atoms with Crippen molar-refractivity contribution in [2.45, 2.75) is 12.5 Å². The number of benzene rings is 1. The van der Waals surface area contributed by atoms with Crippen molar-refractivity contribution in [3.63, 3.8) is 0 Å². The first-order valence-electron chi connectivity index (χ1n) is 8.57. The summed E-state index contributed by atoms with van der Waals surface area (Å²) in [5.74, 6) is -2.35. The van der Waals surface area contributed by atoms with Gasteiger partial charge in [0.05, 0.1) is 25.0 Å². The van der Waals surface area contributed by atoms with Crippen molar-refractivity contribution in [1.82, 2.24) is 19.9 Å². The summed E-state index contributed by atoms with van der Waals surface area (Å²) in [7, 11) is 1.41. The van der Waals surface area contributed by atoms with Crippen molar-refractivity contribution in [3.8, 4) is 11.1 Å². The number of hydrogen-bond donors (Lipinski definition) is 2. The Balaban J connectivity index is 1.83. The zero-order chi connectivity index (χ0) is 19.8. The number of amides is 1.